The van der Waals surface area contributed by atoms with E-state index in [4.69, 9.17) is 10.5 Å². The number of ether oxygens (including phenoxy) is 1. The van der Waals surface area contributed by atoms with Crippen LogP contribution in [-0.2, 0) is 5.54 Å². The van der Waals surface area contributed by atoms with E-state index >= 15 is 0 Å². The summed E-state index contributed by atoms with van der Waals surface area (Å²) in [5, 5.41) is 0. The van der Waals surface area contributed by atoms with Gasteiger partial charge in [0, 0.05) is 17.7 Å². The third kappa shape index (κ3) is 2.24. The summed E-state index contributed by atoms with van der Waals surface area (Å²) in [5.41, 5.74) is 8.28. The summed E-state index contributed by atoms with van der Waals surface area (Å²) >= 11 is 0. The summed E-state index contributed by atoms with van der Waals surface area (Å²) in [7, 11) is 0. The number of hydrogen-bond donors (Lipinski definition) is 1. The van der Waals surface area contributed by atoms with Gasteiger partial charge in [-0.1, -0.05) is 37.3 Å². The summed E-state index contributed by atoms with van der Waals surface area (Å²) in [6, 6.07) is 8.15. The van der Waals surface area contributed by atoms with E-state index in [0.717, 1.165) is 11.3 Å². The van der Waals surface area contributed by atoms with Crippen molar-refractivity contribution in [2.24, 2.45) is 11.7 Å². The lowest BCUT2D eigenvalue weighted by Gasteiger charge is -2.19. The van der Waals surface area contributed by atoms with Gasteiger partial charge in [0.25, 0.3) is 5.75 Å². The average molecular weight is 254 g/mol. The van der Waals surface area contributed by atoms with Crippen LogP contribution in [0.15, 0.2) is 60.2 Å². The van der Waals surface area contributed by atoms with Gasteiger partial charge in [-0.15, -0.1) is 0 Å². The number of rotatable bonds is 0. The van der Waals surface area contributed by atoms with Gasteiger partial charge in [-0.2, -0.15) is 0 Å². The number of nitrogens with two attached hydrogens (primary N) is 1. The minimum Gasteiger partial charge on any atom is -0.574 e. The zero-order valence-electron chi connectivity index (χ0n) is 11.4. The summed E-state index contributed by atoms with van der Waals surface area (Å²) in [6.45, 7) is 4.22. The highest BCUT2D eigenvalue weighted by atomic mass is 16.5. The maximum atomic E-state index is 6.49. The normalized spacial score (nSPS) is 32.5. The Morgan fingerprint density at radius 2 is 1.95 bits per heavy atom. The Kier molecular flexibility index (Phi) is 2.83. The van der Waals surface area contributed by atoms with Gasteiger partial charge in [0.1, 0.15) is 0 Å². The molecule has 0 bridgehead atoms. The minimum absolute atomic E-state index is 0.0766. The van der Waals surface area contributed by atoms with Crippen molar-refractivity contribution in [2.75, 3.05) is 0 Å². The molecule has 0 aromatic heterocycles. The second-order valence-electron chi connectivity index (χ2n) is 5.62. The van der Waals surface area contributed by atoms with Gasteiger partial charge in [0.15, 0.2) is 0 Å². The number of fused-ring (bicyclic) bond motifs is 2. The molecule has 0 amide bonds. The van der Waals surface area contributed by atoms with Gasteiger partial charge >= 0.3 is 0 Å². The molecule has 3 atom stereocenters. The quantitative estimate of drug-likeness (QED) is 0.560. The van der Waals surface area contributed by atoms with Crippen LogP contribution in [0.3, 0.4) is 0 Å². The van der Waals surface area contributed by atoms with Gasteiger partial charge in [-0.25, -0.2) is 0 Å². The molecule has 1 aromatic rings. The molecule has 1 aliphatic heterocycles. The Hall–Kier alpha value is -1.80. The number of benzene rings is 1. The first-order chi connectivity index (χ1) is 9.06. The van der Waals surface area contributed by atoms with Crippen molar-refractivity contribution in [3.8, 4) is 5.75 Å². The van der Waals surface area contributed by atoms with Gasteiger partial charge in [0.2, 0.25) is 6.10 Å². The molecule has 1 aliphatic carbocycles. The topological polar surface area (TPSA) is 38.8 Å². The van der Waals surface area contributed by atoms with Crippen LogP contribution in [0, 0.1) is 5.92 Å². The van der Waals surface area contributed by atoms with Gasteiger partial charge in [-0.05, 0) is 25.0 Å². The van der Waals surface area contributed by atoms with Crippen LogP contribution in [0.1, 0.15) is 19.4 Å². The molecule has 3 rings (SSSR count). The van der Waals surface area contributed by atoms with Crippen molar-refractivity contribution in [2.45, 2.75) is 25.5 Å². The highest BCUT2D eigenvalue weighted by molar-refractivity contribution is 5.47. The van der Waals surface area contributed by atoms with Crippen LogP contribution in [-0.4, -0.2) is 10.8 Å². The smallest absolute Gasteiger partial charge is 0.260 e. The molecule has 3 unspecified atom stereocenters. The number of hydrogen-bond acceptors (Lipinski definition) is 1. The molecule has 1 heterocycles. The van der Waals surface area contributed by atoms with Crippen LogP contribution < -0.4 is 5.73 Å². The number of aliphatic hydroxyl groups is 1. The molecule has 0 spiro atoms. The maximum Gasteiger partial charge on any atom is 0.260 e. The highest BCUT2D eigenvalue weighted by Crippen LogP contribution is 2.37. The average Bonchev–Trinajstić information content (AvgIpc) is 2.60. The minimum atomic E-state index is -0.476. The molecule has 19 heavy (non-hydrogen) atoms. The van der Waals surface area contributed by atoms with E-state index in [-0.39, 0.29) is 6.10 Å². The Bertz CT molecular complexity index is 581. The van der Waals surface area contributed by atoms with Crippen molar-refractivity contribution in [1.82, 2.24) is 0 Å². The fourth-order valence-corrected chi connectivity index (χ4v) is 2.68. The van der Waals surface area contributed by atoms with Crippen LogP contribution in [0.25, 0.3) is 0 Å². The van der Waals surface area contributed by atoms with E-state index in [1.165, 1.54) is 5.57 Å². The molecule has 2 aliphatic rings. The van der Waals surface area contributed by atoms with Crippen molar-refractivity contribution in [3.05, 3.63) is 65.8 Å². The molecule has 0 saturated carbocycles. The second-order valence-corrected chi connectivity index (χ2v) is 5.62. The molecule has 2 nitrogen and oxygen atoms in total. The van der Waals surface area contributed by atoms with E-state index in [0.29, 0.717) is 5.92 Å². The van der Waals surface area contributed by atoms with Gasteiger partial charge in [-0.3, -0.25) is 0 Å². The third-order valence-corrected chi connectivity index (χ3v) is 3.76. The lowest BCUT2D eigenvalue weighted by atomic mass is 9.90. The van der Waals surface area contributed by atoms with Crippen molar-refractivity contribution in [3.63, 3.8) is 0 Å². The molecular formula is C17H20NO+. The van der Waals surface area contributed by atoms with Crippen LogP contribution >= 0.6 is 0 Å². The Balaban J connectivity index is 2.14. The van der Waals surface area contributed by atoms with E-state index in [2.05, 4.69) is 43.4 Å². The zero-order valence-corrected chi connectivity index (χ0v) is 11.4. The summed E-state index contributed by atoms with van der Waals surface area (Å²) < 4.78 is 4.86. The first kappa shape index (κ1) is 12.2. The van der Waals surface area contributed by atoms with Crippen molar-refractivity contribution in [1.29, 1.82) is 0 Å². The summed E-state index contributed by atoms with van der Waals surface area (Å²) in [6.07, 6.45) is 11.0. The summed E-state index contributed by atoms with van der Waals surface area (Å²) in [4.78, 5) is 0. The fourth-order valence-electron chi connectivity index (χ4n) is 2.68. The predicted octanol–water partition coefficient (Wildman–Crippen LogP) is 3.17. The van der Waals surface area contributed by atoms with E-state index in [9.17, 15) is 0 Å². The SMILES string of the molecule is CC1C=CC2=CC(C)(N)c3ccccc3[OH+]C2C=C1. The Morgan fingerprint density at radius 3 is 2.79 bits per heavy atom. The summed E-state index contributed by atoms with van der Waals surface area (Å²) in [5.74, 6) is 1.44. The maximum absolute atomic E-state index is 6.49. The third-order valence-electron chi connectivity index (χ3n) is 3.76. The van der Waals surface area contributed by atoms with E-state index in [1.807, 2.05) is 25.1 Å². The number of aromatic hydroxyl groups is 1. The largest absolute Gasteiger partial charge is 0.574 e. The van der Waals surface area contributed by atoms with Crippen LogP contribution in [0.2, 0.25) is 0 Å². The van der Waals surface area contributed by atoms with Gasteiger partial charge < -0.3 is 10.5 Å². The molecule has 1 aromatic carbocycles. The molecule has 0 fully saturated rings. The standard InChI is InChI=1S/C17H19NO/c1-12-7-9-13-11-17(2,18)14-5-3-4-6-16(14)19-15(13)10-8-12/h3-12,15H,18H2,1-2H3/p+1. The second kappa shape index (κ2) is 4.39. The van der Waals surface area contributed by atoms with Crippen LogP contribution in [0.4, 0.5) is 0 Å². The van der Waals surface area contributed by atoms with E-state index < -0.39 is 5.54 Å². The predicted molar refractivity (Wildman–Crippen MR) is 79.0 cm³/mol. The molecule has 2 heteroatoms. The molecule has 0 saturated heterocycles. The molecule has 3 N–H and O–H groups in total. The first-order valence-electron chi connectivity index (χ1n) is 6.75. The van der Waals surface area contributed by atoms with Crippen LogP contribution in [0.5, 0.6) is 5.75 Å². The van der Waals surface area contributed by atoms with E-state index in [1.54, 1.807) is 0 Å². The monoisotopic (exact) mass is 254 g/mol. The molecular weight excluding hydrogens is 234 g/mol. The highest BCUT2D eigenvalue weighted by Gasteiger charge is 2.33. The number of para-hydroxylation sites is 1. The van der Waals surface area contributed by atoms with Crippen molar-refractivity contribution < 1.29 is 4.74 Å². The Labute approximate surface area is 114 Å². The molecule has 98 valence electrons. The van der Waals surface area contributed by atoms with Crippen molar-refractivity contribution >= 4 is 0 Å². The zero-order chi connectivity index (χ0) is 13.5. The first-order valence-corrected chi connectivity index (χ1v) is 6.75. The lowest BCUT2D eigenvalue weighted by molar-refractivity contribution is 0.0418. The Morgan fingerprint density at radius 1 is 1.16 bits per heavy atom. The lowest BCUT2D eigenvalue weighted by Crippen LogP contribution is -2.30. The molecule has 0 radical (unpaired) electrons. The van der Waals surface area contributed by atoms with Gasteiger partial charge in [0.05, 0.1) is 11.1 Å². The fraction of sp³-hybridized carbons (Fsp3) is 0.294. The number of allylic oxidation sites excluding steroid dienone is 2.